The first-order valence-corrected chi connectivity index (χ1v) is 5.87. The van der Waals surface area contributed by atoms with Gasteiger partial charge in [0.2, 0.25) is 11.8 Å². The fourth-order valence-corrected chi connectivity index (χ4v) is 1.76. The van der Waals surface area contributed by atoms with Crippen molar-refractivity contribution in [2.45, 2.75) is 32.7 Å². The highest BCUT2D eigenvalue weighted by Crippen LogP contribution is 2.09. The van der Waals surface area contributed by atoms with Gasteiger partial charge in [-0.15, -0.1) is 0 Å². The third-order valence-corrected chi connectivity index (χ3v) is 2.54. The van der Waals surface area contributed by atoms with E-state index in [1.165, 1.54) is 0 Å². The van der Waals surface area contributed by atoms with Gasteiger partial charge in [0.25, 0.3) is 0 Å². The summed E-state index contributed by atoms with van der Waals surface area (Å²) >= 11 is 0. The molecular formula is C11H21N3O2. The molecule has 92 valence electrons. The first-order valence-electron chi connectivity index (χ1n) is 5.87. The van der Waals surface area contributed by atoms with E-state index in [0.717, 1.165) is 25.9 Å². The molecule has 0 aromatic rings. The lowest BCUT2D eigenvalue weighted by atomic mass is 9.99. The molecule has 1 saturated heterocycles. The molecule has 0 saturated carbocycles. The van der Waals surface area contributed by atoms with E-state index in [1.54, 1.807) is 0 Å². The molecule has 2 amide bonds. The summed E-state index contributed by atoms with van der Waals surface area (Å²) in [5.74, 6) is -0.140. The van der Waals surface area contributed by atoms with Crippen LogP contribution in [0.5, 0.6) is 0 Å². The molecule has 3 N–H and O–H groups in total. The van der Waals surface area contributed by atoms with Gasteiger partial charge in [0.15, 0.2) is 0 Å². The highest BCUT2D eigenvalue weighted by atomic mass is 16.2. The van der Waals surface area contributed by atoms with E-state index < -0.39 is 0 Å². The summed E-state index contributed by atoms with van der Waals surface area (Å²) in [7, 11) is 0. The second-order valence-electron chi connectivity index (χ2n) is 4.48. The number of amides is 2. The normalized spacial score (nSPS) is 20.6. The van der Waals surface area contributed by atoms with Crippen molar-refractivity contribution in [2.24, 2.45) is 5.92 Å². The third-order valence-electron chi connectivity index (χ3n) is 2.54. The number of nitrogens with one attached hydrogen (secondary N) is 3. The molecular weight excluding hydrogens is 206 g/mol. The van der Waals surface area contributed by atoms with Crippen LogP contribution in [-0.2, 0) is 9.59 Å². The SMILES string of the molecule is CC(C)NC(=O)CNC(=O)[C@@H]1CCCNC1. The zero-order valence-corrected chi connectivity index (χ0v) is 10.0. The Kier molecular flexibility index (Phi) is 5.25. The molecule has 1 aliphatic rings. The Bertz CT molecular complexity index is 248. The van der Waals surface area contributed by atoms with Gasteiger partial charge in [-0.1, -0.05) is 0 Å². The van der Waals surface area contributed by atoms with Crippen LogP contribution in [0.15, 0.2) is 0 Å². The van der Waals surface area contributed by atoms with Crippen molar-refractivity contribution in [3.05, 3.63) is 0 Å². The van der Waals surface area contributed by atoms with Gasteiger partial charge < -0.3 is 16.0 Å². The molecule has 16 heavy (non-hydrogen) atoms. The van der Waals surface area contributed by atoms with Gasteiger partial charge >= 0.3 is 0 Å². The van der Waals surface area contributed by atoms with Crippen molar-refractivity contribution in [1.82, 2.24) is 16.0 Å². The predicted molar refractivity (Wildman–Crippen MR) is 61.9 cm³/mol. The van der Waals surface area contributed by atoms with Crippen molar-refractivity contribution in [1.29, 1.82) is 0 Å². The van der Waals surface area contributed by atoms with Gasteiger partial charge in [-0.05, 0) is 33.2 Å². The Morgan fingerprint density at radius 3 is 2.75 bits per heavy atom. The molecule has 0 bridgehead atoms. The first kappa shape index (κ1) is 13.0. The topological polar surface area (TPSA) is 70.2 Å². The second-order valence-corrected chi connectivity index (χ2v) is 4.48. The maximum absolute atomic E-state index is 11.7. The minimum Gasteiger partial charge on any atom is -0.352 e. The van der Waals surface area contributed by atoms with Crippen molar-refractivity contribution in [3.8, 4) is 0 Å². The number of hydrogen-bond donors (Lipinski definition) is 3. The van der Waals surface area contributed by atoms with E-state index in [0.29, 0.717) is 0 Å². The lowest BCUT2D eigenvalue weighted by Gasteiger charge is -2.21. The van der Waals surface area contributed by atoms with Crippen LogP contribution in [0, 0.1) is 5.92 Å². The number of rotatable bonds is 4. The molecule has 0 aromatic carbocycles. The van der Waals surface area contributed by atoms with Crippen molar-refractivity contribution < 1.29 is 9.59 Å². The molecule has 1 fully saturated rings. The van der Waals surface area contributed by atoms with Crippen LogP contribution in [0.3, 0.4) is 0 Å². The maximum atomic E-state index is 11.7. The molecule has 1 aliphatic heterocycles. The Hall–Kier alpha value is -1.10. The van der Waals surface area contributed by atoms with Crippen molar-refractivity contribution in [2.75, 3.05) is 19.6 Å². The van der Waals surface area contributed by atoms with Crippen LogP contribution in [0.2, 0.25) is 0 Å². The predicted octanol–water partition coefficient (Wildman–Crippen LogP) is -0.373. The Morgan fingerprint density at radius 2 is 2.19 bits per heavy atom. The molecule has 1 heterocycles. The summed E-state index contributed by atoms with van der Waals surface area (Å²) in [5, 5.41) is 8.57. The smallest absolute Gasteiger partial charge is 0.239 e. The van der Waals surface area contributed by atoms with Gasteiger partial charge in [-0.2, -0.15) is 0 Å². The highest BCUT2D eigenvalue weighted by Gasteiger charge is 2.20. The lowest BCUT2D eigenvalue weighted by molar-refractivity contribution is -0.129. The molecule has 0 aliphatic carbocycles. The van der Waals surface area contributed by atoms with E-state index in [1.807, 2.05) is 13.8 Å². The standard InChI is InChI=1S/C11H21N3O2/c1-8(2)14-10(15)7-13-11(16)9-4-3-5-12-6-9/h8-9,12H,3-7H2,1-2H3,(H,13,16)(H,14,15)/t9-/m1/s1. The number of carbonyl (C=O) groups is 2. The average Bonchev–Trinajstić information content (AvgIpc) is 2.26. The van der Waals surface area contributed by atoms with Gasteiger partial charge in [0, 0.05) is 12.6 Å². The van der Waals surface area contributed by atoms with E-state index in [2.05, 4.69) is 16.0 Å². The Balaban J connectivity index is 2.21. The minimum absolute atomic E-state index is 0.0144. The summed E-state index contributed by atoms with van der Waals surface area (Å²) in [5.41, 5.74) is 0. The molecule has 0 unspecified atom stereocenters. The zero-order chi connectivity index (χ0) is 12.0. The largest absolute Gasteiger partial charge is 0.352 e. The monoisotopic (exact) mass is 227 g/mol. The fraction of sp³-hybridized carbons (Fsp3) is 0.818. The number of hydrogen-bond acceptors (Lipinski definition) is 3. The quantitative estimate of drug-likeness (QED) is 0.613. The average molecular weight is 227 g/mol. The summed E-state index contributed by atoms with van der Waals surface area (Å²) in [6.45, 7) is 5.57. The lowest BCUT2D eigenvalue weighted by Crippen LogP contribution is -2.45. The van der Waals surface area contributed by atoms with Crippen LogP contribution in [0.25, 0.3) is 0 Å². The van der Waals surface area contributed by atoms with E-state index in [-0.39, 0.29) is 30.3 Å². The van der Waals surface area contributed by atoms with E-state index >= 15 is 0 Å². The van der Waals surface area contributed by atoms with Gasteiger partial charge in [-0.25, -0.2) is 0 Å². The van der Waals surface area contributed by atoms with Crippen LogP contribution < -0.4 is 16.0 Å². The first-order chi connectivity index (χ1) is 7.59. The number of piperidine rings is 1. The van der Waals surface area contributed by atoms with Gasteiger partial charge in [-0.3, -0.25) is 9.59 Å². The van der Waals surface area contributed by atoms with Gasteiger partial charge in [0.1, 0.15) is 0 Å². The summed E-state index contributed by atoms with van der Waals surface area (Å²) in [4.78, 5) is 23.0. The molecule has 0 radical (unpaired) electrons. The summed E-state index contributed by atoms with van der Waals surface area (Å²) in [6.07, 6.45) is 1.93. The maximum Gasteiger partial charge on any atom is 0.239 e. The molecule has 5 heteroatoms. The highest BCUT2D eigenvalue weighted by molar-refractivity contribution is 5.86. The Morgan fingerprint density at radius 1 is 1.44 bits per heavy atom. The van der Waals surface area contributed by atoms with E-state index in [9.17, 15) is 9.59 Å². The van der Waals surface area contributed by atoms with Crippen LogP contribution in [0.1, 0.15) is 26.7 Å². The second kappa shape index (κ2) is 6.48. The summed E-state index contributed by atoms with van der Waals surface area (Å²) < 4.78 is 0. The minimum atomic E-state index is -0.132. The molecule has 1 rings (SSSR count). The molecule has 0 aromatic heterocycles. The third kappa shape index (κ3) is 4.61. The molecule has 5 nitrogen and oxygen atoms in total. The van der Waals surface area contributed by atoms with Crippen molar-refractivity contribution >= 4 is 11.8 Å². The molecule has 0 spiro atoms. The molecule has 1 atom stereocenters. The van der Waals surface area contributed by atoms with Crippen LogP contribution >= 0.6 is 0 Å². The Labute approximate surface area is 96.4 Å². The van der Waals surface area contributed by atoms with E-state index in [4.69, 9.17) is 0 Å². The zero-order valence-electron chi connectivity index (χ0n) is 10.0. The fourth-order valence-electron chi connectivity index (χ4n) is 1.76. The van der Waals surface area contributed by atoms with Crippen molar-refractivity contribution in [3.63, 3.8) is 0 Å². The van der Waals surface area contributed by atoms with Crippen LogP contribution in [-0.4, -0.2) is 37.5 Å². The van der Waals surface area contributed by atoms with Crippen LogP contribution in [0.4, 0.5) is 0 Å². The summed E-state index contributed by atoms with van der Waals surface area (Å²) in [6, 6.07) is 0.112. The number of carbonyl (C=O) groups excluding carboxylic acids is 2. The van der Waals surface area contributed by atoms with Gasteiger partial charge in [0.05, 0.1) is 12.5 Å².